The summed E-state index contributed by atoms with van der Waals surface area (Å²) in [4.78, 5) is 30.3. The van der Waals surface area contributed by atoms with E-state index in [0.717, 1.165) is 12.8 Å². The minimum Gasteiger partial charge on any atom is -0.378 e. The second kappa shape index (κ2) is 10.6. The molecule has 0 unspecified atom stereocenters. The van der Waals surface area contributed by atoms with E-state index in [4.69, 9.17) is 17.0 Å². The van der Waals surface area contributed by atoms with Crippen molar-refractivity contribution in [1.29, 1.82) is 5.26 Å². The zero-order chi connectivity index (χ0) is 24.2. The van der Waals surface area contributed by atoms with Crippen molar-refractivity contribution in [2.75, 3.05) is 37.7 Å². The standard InChI is InChI=1S/C25H26N4O3S2/c1-17-19(22(28-11-13-32-14-12-28)27(2)23(30)20(17)16-26)15-21-24(31)29(25(33)34-21)10-6-9-18-7-4-3-5-8-18/h3-5,7-8,15H,6,9-14H2,1-2H3/b21-15-. The van der Waals surface area contributed by atoms with E-state index in [1.54, 1.807) is 24.9 Å². The van der Waals surface area contributed by atoms with Crippen molar-refractivity contribution in [3.05, 3.63) is 67.8 Å². The largest absolute Gasteiger partial charge is 0.378 e. The number of rotatable bonds is 6. The smallest absolute Gasteiger partial charge is 0.270 e. The first-order chi connectivity index (χ1) is 16.4. The highest BCUT2D eigenvalue weighted by Gasteiger charge is 2.33. The van der Waals surface area contributed by atoms with Gasteiger partial charge in [0.05, 0.1) is 18.1 Å². The van der Waals surface area contributed by atoms with Crippen LogP contribution in [0.1, 0.15) is 28.7 Å². The summed E-state index contributed by atoms with van der Waals surface area (Å²) in [5, 5.41) is 9.62. The van der Waals surface area contributed by atoms with Gasteiger partial charge < -0.3 is 9.64 Å². The Hall–Kier alpha value is -2.93. The van der Waals surface area contributed by atoms with Crippen LogP contribution in [0.15, 0.2) is 40.0 Å². The maximum Gasteiger partial charge on any atom is 0.270 e. The van der Waals surface area contributed by atoms with Crippen molar-refractivity contribution >= 4 is 46.1 Å². The molecule has 0 aliphatic carbocycles. The van der Waals surface area contributed by atoms with Crippen molar-refractivity contribution in [1.82, 2.24) is 9.47 Å². The molecule has 2 aromatic rings. The predicted molar refractivity (Wildman–Crippen MR) is 139 cm³/mol. The molecule has 0 atom stereocenters. The molecule has 34 heavy (non-hydrogen) atoms. The fourth-order valence-corrected chi connectivity index (χ4v) is 5.57. The van der Waals surface area contributed by atoms with Crippen molar-refractivity contribution in [3.8, 4) is 6.07 Å². The van der Waals surface area contributed by atoms with E-state index in [1.807, 2.05) is 24.3 Å². The third-order valence-electron chi connectivity index (χ3n) is 6.12. The molecule has 176 valence electrons. The number of pyridine rings is 1. The molecule has 1 aromatic carbocycles. The van der Waals surface area contributed by atoms with Gasteiger partial charge in [0.2, 0.25) is 0 Å². The van der Waals surface area contributed by atoms with Gasteiger partial charge in [0.1, 0.15) is 21.8 Å². The highest BCUT2D eigenvalue weighted by molar-refractivity contribution is 8.26. The molecule has 2 aliphatic rings. The summed E-state index contributed by atoms with van der Waals surface area (Å²) in [6.45, 7) is 4.66. The third-order valence-corrected chi connectivity index (χ3v) is 7.50. The Labute approximate surface area is 208 Å². The molecule has 2 saturated heterocycles. The van der Waals surface area contributed by atoms with E-state index in [0.29, 0.717) is 59.0 Å². The molecule has 0 bridgehead atoms. The number of carbonyl (C=O) groups is 1. The van der Waals surface area contributed by atoms with Gasteiger partial charge in [0.15, 0.2) is 0 Å². The first-order valence-electron chi connectivity index (χ1n) is 11.2. The Morgan fingerprint density at radius 1 is 1.21 bits per heavy atom. The van der Waals surface area contributed by atoms with E-state index in [2.05, 4.69) is 17.0 Å². The maximum atomic E-state index is 13.3. The lowest BCUT2D eigenvalue weighted by atomic mass is 10.0. The molecule has 3 heterocycles. The number of morpholine rings is 1. The number of nitrogens with zero attached hydrogens (tertiary/aromatic N) is 4. The summed E-state index contributed by atoms with van der Waals surface area (Å²) in [6.07, 6.45) is 3.46. The Kier molecular flexibility index (Phi) is 7.51. The predicted octanol–water partition coefficient (Wildman–Crippen LogP) is 3.24. The highest BCUT2D eigenvalue weighted by Crippen LogP contribution is 2.36. The average Bonchev–Trinajstić information content (AvgIpc) is 3.11. The van der Waals surface area contributed by atoms with Crippen LogP contribution in [0.2, 0.25) is 0 Å². The lowest BCUT2D eigenvalue weighted by molar-refractivity contribution is -0.122. The van der Waals surface area contributed by atoms with E-state index in [-0.39, 0.29) is 17.0 Å². The minimum atomic E-state index is -0.341. The van der Waals surface area contributed by atoms with Gasteiger partial charge in [-0.1, -0.05) is 54.3 Å². The molecule has 0 spiro atoms. The molecule has 1 amide bonds. The summed E-state index contributed by atoms with van der Waals surface area (Å²) in [5.74, 6) is 0.557. The number of benzene rings is 1. The minimum absolute atomic E-state index is 0.0871. The molecule has 2 fully saturated rings. The molecule has 4 rings (SSSR count). The molecule has 7 nitrogen and oxygen atoms in total. The van der Waals surface area contributed by atoms with Crippen LogP contribution in [0, 0.1) is 18.3 Å². The molecular formula is C25H26N4O3S2. The van der Waals surface area contributed by atoms with Gasteiger partial charge in [-0.3, -0.25) is 19.1 Å². The fourth-order valence-electron chi connectivity index (χ4n) is 4.28. The van der Waals surface area contributed by atoms with Crippen molar-refractivity contribution in [2.45, 2.75) is 19.8 Å². The third kappa shape index (κ3) is 4.80. The average molecular weight is 495 g/mol. The molecular weight excluding hydrogens is 468 g/mol. The van der Waals surface area contributed by atoms with Crippen LogP contribution in [0.4, 0.5) is 5.82 Å². The number of ether oxygens (including phenoxy) is 1. The SMILES string of the molecule is Cc1c(/C=C2\SC(=S)N(CCCc3ccccc3)C2=O)c(N2CCOCC2)n(C)c(=O)c1C#N. The number of amides is 1. The van der Waals surface area contributed by atoms with Crippen molar-refractivity contribution in [2.24, 2.45) is 7.05 Å². The lowest BCUT2D eigenvalue weighted by Crippen LogP contribution is -2.40. The van der Waals surface area contributed by atoms with Gasteiger partial charge in [-0.15, -0.1) is 0 Å². The molecule has 0 radical (unpaired) electrons. The number of anilines is 1. The Morgan fingerprint density at radius 2 is 1.91 bits per heavy atom. The van der Waals surface area contributed by atoms with Gasteiger partial charge in [-0.25, -0.2) is 0 Å². The topological polar surface area (TPSA) is 78.6 Å². The number of hydrogen-bond donors (Lipinski definition) is 0. The Morgan fingerprint density at radius 3 is 2.59 bits per heavy atom. The molecule has 0 saturated carbocycles. The quantitative estimate of drug-likeness (QED) is 0.451. The van der Waals surface area contributed by atoms with E-state index in [1.165, 1.54) is 21.9 Å². The van der Waals surface area contributed by atoms with Crippen LogP contribution >= 0.6 is 24.0 Å². The number of carbonyl (C=O) groups excluding carboxylic acids is 1. The van der Waals surface area contributed by atoms with Gasteiger partial charge in [-0.05, 0) is 37.0 Å². The summed E-state index contributed by atoms with van der Waals surface area (Å²) >= 11 is 6.79. The second-order valence-corrected chi connectivity index (χ2v) is 9.91. The normalized spacial score (nSPS) is 17.5. The summed E-state index contributed by atoms with van der Waals surface area (Å²) in [6, 6.07) is 12.2. The first-order valence-corrected chi connectivity index (χ1v) is 12.4. The van der Waals surface area contributed by atoms with Crippen LogP contribution in [-0.4, -0.2) is 52.5 Å². The molecule has 2 aliphatic heterocycles. The number of nitriles is 1. The van der Waals surface area contributed by atoms with E-state index < -0.39 is 0 Å². The van der Waals surface area contributed by atoms with Gasteiger partial charge in [0.25, 0.3) is 11.5 Å². The molecule has 0 N–H and O–H groups in total. The molecule has 9 heteroatoms. The van der Waals surface area contributed by atoms with E-state index >= 15 is 0 Å². The second-order valence-electron chi connectivity index (χ2n) is 8.24. The van der Waals surface area contributed by atoms with Gasteiger partial charge in [-0.2, -0.15) is 5.26 Å². The summed E-state index contributed by atoms with van der Waals surface area (Å²) in [5.41, 5.74) is 2.24. The zero-order valence-corrected chi connectivity index (χ0v) is 20.9. The maximum absolute atomic E-state index is 13.3. The van der Waals surface area contributed by atoms with Gasteiger partial charge >= 0.3 is 0 Å². The van der Waals surface area contributed by atoms with Crippen LogP contribution in [0.3, 0.4) is 0 Å². The van der Waals surface area contributed by atoms with Crippen LogP contribution in [-0.2, 0) is 23.0 Å². The number of thiocarbonyl (C=S) groups is 1. The molecule has 1 aromatic heterocycles. The van der Waals surface area contributed by atoms with Crippen molar-refractivity contribution < 1.29 is 9.53 Å². The zero-order valence-electron chi connectivity index (χ0n) is 19.2. The number of aryl methyl sites for hydroxylation is 1. The van der Waals surface area contributed by atoms with Crippen LogP contribution in [0.5, 0.6) is 0 Å². The highest BCUT2D eigenvalue weighted by atomic mass is 32.2. The fraction of sp³-hybridized carbons (Fsp3) is 0.360. The summed E-state index contributed by atoms with van der Waals surface area (Å²) < 4.78 is 7.51. The number of thioether (sulfide) groups is 1. The Balaban J connectivity index is 1.64. The van der Waals surface area contributed by atoms with Crippen LogP contribution in [0.25, 0.3) is 6.08 Å². The number of aromatic nitrogens is 1. The first kappa shape index (κ1) is 24.2. The van der Waals surface area contributed by atoms with E-state index in [9.17, 15) is 14.9 Å². The summed E-state index contributed by atoms with van der Waals surface area (Å²) in [7, 11) is 1.67. The van der Waals surface area contributed by atoms with Crippen LogP contribution < -0.4 is 10.5 Å². The lowest BCUT2D eigenvalue weighted by Gasteiger charge is -2.32. The Bertz CT molecular complexity index is 1240. The monoisotopic (exact) mass is 494 g/mol. The van der Waals surface area contributed by atoms with Crippen molar-refractivity contribution in [3.63, 3.8) is 0 Å². The van der Waals surface area contributed by atoms with Gasteiger partial charge in [0, 0.05) is 32.2 Å². The number of hydrogen-bond acceptors (Lipinski definition) is 7.